The zero-order valence-electron chi connectivity index (χ0n) is 8.81. The van der Waals surface area contributed by atoms with E-state index < -0.39 is 5.97 Å². The van der Waals surface area contributed by atoms with Crippen molar-refractivity contribution in [3.63, 3.8) is 0 Å². The van der Waals surface area contributed by atoms with Crippen LogP contribution in [0.2, 0.25) is 0 Å². The predicted octanol–water partition coefficient (Wildman–Crippen LogP) is 3.35. The Morgan fingerprint density at radius 2 is 2.06 bits per heavy atom. The van der Waals surface area contributed by atoms with Crippen molar-refractivity contribution in [3.8, 4) is 0 Å². The van der Waals surface area contributed by atoms with Gasteiger partial charge in [-0.1, -0.05) is 30.3 Å². The van der Waals surface area contributed by atoms with Crippen molar-refractivity contribution in [3.05, 3.63) is 52.2 Å². The van der Waals surface area contributed by atoms with Crippen molar-refractivity contribution in [1.82, 2.24) is 0 Å². The van der Waals surface area contributed by atoms with Crippen LogP contribution >= 0.6 is 15.9 Å². The number of hydrogen-bond donors (Lipinski definition) is 2. The minimum absolute atomic E-state index is 0.0903. The molecular formula is C12H10BrNO3. The fourth-order valence-electron chi connectivity index (χ4n) is 1.37. The van der Waals surface area contributed by atoms with Crippen molar-refractivity contribution in [2.45, 2.75) is 6.54 Å². The first kappa shape index (κ1) is 11.7. The van der Waals surface area contributed by atoms with Gasteiger partial charge in [0.1, 0.15) is 0 Å². The number of hydrogen-bond acceptors (Lipinski definition) is 3. The highest BCUT2D eigenvalue weighted by Crippen LogP contribution is 2.27. The van der Waals surface area contributed by atoms with Gasteiger partial charge in [-0.2, -0.15) is 0 Å². The van der Waals surface area contributed by atoms with E-state index in [1.807, 2.05) is 30.3 Å². The zero-order valence-corrected chi connectivity index (χ0v) is 10.4. The number of carboxylic acid groups (broad SMARTS) is 1. The SMILES string of the molecule is O=C(O)c1cc(Br)c(NCc2ccccc2)o1. The molecular weight excluding hydrogens is 286 g/mol. The molecule has 4 nitrogen and oxygen atoms in total. The van der Waals surface area contributed by atoms with E-state index in [4.69, 9.17) is 9.52 Å². The number of furan rings is 1. The summed E-state index contributed by atoms with van der Waals surface area (Å²) in [5, 5.41) is 11.8. The van der Waals surface area contributed by atoms with E-state index in [9.17, 15) is 4.79 Å². The second-order valence-electron chi connectivity index (χ2n) is 3.43. The highest BCUT2D eigenvalue weighted by molar-refractivity contribution is 9.10. The molecule has 0 aliphatic carbocycles. The Bertz CT molecular complexity index is 522. The molecule has 1 heterocycles. The molecule has 0 saturated heterocycles. The molecule has 0 bridgehead atoms. The summed E-state index contributed by atoms with van der Waals surface area (Å²) < 4.78 is 5.74. The van der Waals surface area contributed by atoms with Crippen molar-refractivity contribution in [2.24, 2.45) is 0 Å². The predicted molar refractivity (Wildman–Crippen MR) is 67.1 cm³/mol. The third-order valence-corrected chi connectivity index (χ3v) is 2.78. The number of benzene rings is 1. The Hall–Kier alpha value is -1.75. The summed E-state index contributed by atoms with van der Waals surface area (Å²) in [5.41, 5.74) is 1.09. The van der Waals surface area contributed by atoms with Crippen LogP contribution in [0.25, 0.3) is 0 Å². The normalized spacial score (nSPS) is 10.2. The van der Waals surface area contributed by atoms with Gasteiger partial charge in [-0.3, -0.25) is 0 Å². The number of nitrogens with one attached hydrogen (secondary N) is 1. The topological polar surface area (TPSA) is 62.5 Å². The van der Waals surface area contributed by atoms with Crippen molar-refractivity contribution in [2.75, 3.05) is 5.32 Å². The van der Waals surface area contributed by atoms with E-state index in [-0.39, 0.29) is 5.76 Å². The summed E-state index contributed by atoms with van der Waals surface area (Å²) in [6.07, 6.45) is 0. The second kappa shape index (κ2) is 5.05. The molecule has 17 heavy (non-hydrogen) atoms. The zero-order chi connectivity index (χ0) is 12.3. The largest absolute Gasteiger partial charge is 0.475 e. The number of anilines is 1. The minimum atomic E-state index is -1.08. The van der Waals surface area contributed by atoms with Crippen LogP contribution in [0, 0.1) is 0 Å². The first-order chi connectivity index (χ1) is 8.16. The van der Waals surface area contributed by atoms with Crippen molar-refractivity contribution < 1.29 is 14.3 Å². The summed E-state index contributed by atoms with van der Waals surface area (Å²) in [6.45, 7) is 0.575. The molecule has 0 aliphatic rings. The lowest BCUT2D eigenvalue weighted by Gasteiger charge is -2.03. The molecule has 1 aromatic heterocycles. The molecule has 0 amide bonds. The average Bonchev–Trinajstić information content (AvgIpc) is 2.70. The van der Waals surface area contributed by atoms with Gasteiger partial charge in [0.05, 0.1) is 4.47 Å². The minimum Gasteiger partial charge on any atom is -0.475 e. The molecule has 0 saturated carbocycles. The highest BCUT2D eigenvalue weighted by Gasteiger charge is 2.13. The van der Waals surface area contributed by atoms with Crippen molar-refractivity contribution in [1.29, 1.82) is 0 Å². The van der Waals surface area contributed by atoms with Crippen LogP contribution in [0.3, 0.4) is 0 Å². The lowest BCUT2D eigenvalue weighted by molar-refractivity contribution is 0.0663. The Morgan fingerprint density at radius 1 is 1.35 bits per heavy atom. The third kappa shape index (κ3) is 2.88. The van der Waals surface area contributed by atoms with Gasteiger partial charge in [-0.05, 0) is 21.5 Å². The first-order valence-corrected chi connectivity index (χ1v) is 5.76. The monoisotopic (exact) mass is 295 g/mol. The van der Waals surface area contributed by atoms with Crippen LogP contribution in [0.5, 0.6) is 0 Å². The first-order valence-electron chi connectivity index (χ1n) is 4.97. The Kier molecular flexibility index (Phi) is 3.49. The lowest BCUT2D eigenvalue weighted by Crippen LogP contribution is -1.98. The summed E-state index contributed by atoms with van der Waals surface area (Å²) >= 11 is 3.24. The summed E-state index contributed by atoms with van der Waals surface area (Å²) in [6, 6.07) is 11.2. The van der Waals surface area contributed by atoms with E-state index in [1.54, 1.807) is 0 Å². The van der Waals surface area contributed by atoms with Gasteiger partial charge in [-0.25, -0.2) is 4.79 Å². The fraction of sp³-hybridized carbons (Fsp3) is 0.0833. The lowest BCUT2D eigenvalue weighted by atomic mass is 10.2. The van der Waals surface area contributed by atoms with E-state index in [0.29, 0.717) is 16.9 Å². The number of halogens is 1. The van der Waals surface area contributed by atoms with Crippen LogP contribution in [-0.4, -0.2) is 11.1 Å². The summed E-state index contributed by atoms with van der Waals surface area (Å²) in [7, 11) is 0. The van der Waals surface area contributed by atoms with E-state index in [1.165, 1.54) is 6.07 Å². The molecule has 1 aromatic carbocycles. The maximum Gasteiger partial charge on any atom is 0.371 e. The van der Waals surface area contributed by atoms with Crippen LogP contribution in [0.15, 0.2) is 45.3 Å². The van der Waals surface area contributed by atoms with Crippen LogP contribution in [0.4, 0.5) is 5.88 Å². The van der Waals surface area contributed by atoms with Gasteiger partial charge in [0.2, 0.25) is 11.6 Å². The molecule has 2 rings (SSSR count). The standard InChI is InChI=1S/C12H10BrNO3/c13-9-6-10(12(15)16)17-11(9)14-7-8-4-2-1-3-5-8/h1-6,14H,7H2,(H,15,16). The molecule has 88 valence electrons. The average molecular weight is 296 g/mol. The molecule has 2 N–H and O–H groups in total. The van der Waals surface area contributed by atoms with Gasteiger partial charge in [0, 0.05) is 12.6 Å². The maximum absolute atomic E-state index is 10.7. The number of carboxylic acids is 1. The maximum atomic E-state index is 10.7. The van der Waals surface area contributed by atoms with Crippen LogP contribution in [-0.2, 0) is 6.54 Å². The summed E-state index contributed by atoms with van der Waals surface area (Å²) in [5.74, 6) is -0.753. The molecule has 0 unspecified atom stereocenters. The van der Waals surface area contributed by atoms with Crippen LogP contribution < -0.4 is 5.32 Å². The van der Waals surface area contributed by atoms with E-state index in [2.05, 4.69) is 21.2 Å². The molecule has 5 heteroatoms. The molecule has 0 aliphatic heterocycles. The molecule has 2 aromatic rings. The molecule has 0 spiro atoms. The summed E-state index contributed by atoms with van der Waals surface area (Å²) in [4.78, 5) is 10.7. The van der Waals surface area contributed by atoms with Gasteiger partial charge in [-0.15, -0.1) is 0 Å². The number of rotatable bonds is 4. The second-order valence-corrected chi connectivity index (χ2v) is 4.29. The Morgan fingerprint density at radius 3 is 2.65 bits per heavy atom. The number of aromatic carboxylic acids is 1. The quantitative estimate of drug-likeness (QED) is 0.908. The molecule has 0 fully saturated rings. The van der Waals surface area contributed by atoms with E-state index >= 15 is 0 Å². The third-order valence-electron chi connectivity index (χ3n) is 2.19. The van der Waals surface area contributed by atoms with Gasteiger partial charge in [0.15, 0.2) is 0 Å². The van der Waals surface area contributed by atoms with E-state index in [0.717, 1.165) is 5.56 Å². The van der Waals surface area contributed by atoms with Gasteiger partial charge < -0.3 is 14.8 Å². The molecule has 0 atom stereocenters. The van der Waals surface area contributed by atoms with Gasteiger partial charge >= 0.3 is 5.97 Å². The smallest absolute Gasteiger partial charge is 0.371 e. The fourth-order valence-corrected chi connectivity index (χ4v) is 1.80. The Balaban J connectivity index is 2.07. The highest BCUT2D eigenvalue weighted by atomic mass is 79.9. The Labute approximate surface area is 106 Å². The number of carbonyl (C=O) groups is 1. The van der Waals surface area contributed by atoms with Gasteiger partial charge in [0.25, 0.3) is 0 Å². The van der Waals surface area contributed by atoms with Crippen LogP contribution in [0.1, 0.15) is 16.1 Å². The van der Waals surface area contributed by atoms with Crippen molar-refractivity contribution >= 4 is 27.8 Å². The molecule has 0 radical (unpaired) electrons.